The molecule has 0 fully saturated rings. The quantitative estimate of drug-likeness (QED) is 0.397. The van der Waals surface area contributed by atoms with E-state index in [9.17, 15) is 22.4 Å². The van der Waals surface area contributed by atoms with Gasteiger partial charge in [-0.1, -0.05) is 18.2 Å². The predicted molar refractivity (Wildman–Crippen MR) is 85.5 cm³/mol. The summed E-state index contributed by atoms with van der Waals surface area (Å²) >= 11 is 0. The number of aryl methyl sites for hydroxylation is 1. The first kappa shape index (κ1) is 19.0. The van der Waals surface area contributed by atoms with Gasteiger partial charge in [-0.05, 0) is 49.6 Å². The summed E-state index contributed by atoms with van der Waals surface area (Å²) in [4.78, 5) is 12.1. The molecule has 0 aliphatic heterocycles. The number of rotatable bonds is 7. The summed E-state index contributed by atoms with van der Waals surface area (Å²) in [6, 6.07) is 10.0. The van der Waals surface area contributed by atoms with Crippen molar-refractivity contribution >= 4 is 5.97 Å². The Hall–Kier alpha value is -2.37. The Morgan fingerprint density at radius 3 is 2.24 bits per heavy atom. The van der Waals surface area contributed by atoms with Crippen LogP contribution in [0.5, 0.6) is 0 Å². The smallest absolute Gasteiger partial charge is 0.338 e. The van der Waals surface area contributed by atoms with Crippen LogP contribution in [0.15, 0.2) is 42.5 Å². The monoisotopic (exact) mass is 354 g/mol. The first-order valence-corrected chi connectivity index (χ1v) is 7.90. The fraction of sp³-hybridized carbons (Fsp3) is 0.316. The van der Waals surface area contributed by atoms with Crippen molar-refractivity contribution in [3.8, 4) is 0 Å². The zero-order chi connectivity index (χ0) is 18.4. The molecule has 0 spiro atoms. The van der Waals surface area contributed by atoms with Gasteiger partial charge in [0.1, 0.15) is 12.3 Å². The summed E-state index contributed by atoms with van der Waals surface area (Å²) in [6.45, 7) is 1.33. The van der Waals surface area contributed by atoms with Crippen molar-refractivity contribution in [3.05, 3.63) is 71.0 Å². The lowest BCUT2D eigenvalue weighted by molar-refractivity contribution is 0.0210. The van der Waals surface area contributed by atoms with E-state index in [2.05, 4.69) is 0 Å². The van der Waals surface area contributed by atoms with Crippen LogP contribution in [-0.4, -0.2) is 18.2 Å². The van der Waals surface area contributed by atoms with Gasteiger partial charge < -0.3 is 4.74 Å². The number of hydrogen-bond acceptors (Lipinski definition) is 2. The second kappa shape index (κ2) is 8.65. The number of alkyl halides is 1. The van der Waals surface area contributed by atoms with E-state index in [1.54, 1.807) is 30.3 Å². The highest BCUT2D eigenvalue weighted by atomic mass is 19.2. The van der Waals surface area contributed by atoms with Crippen molar-refractivity contribution < 1.29 is 27.1 Å². The minimum absolute atomic E-state index is 0.0370. The second-order valence-corrected chi connectivity index (χ2v) is 5.82. The molecule has 25 heavy (non-hydrogen) atoms. The van der Waals surface area contributed by atoms with Crippen LogP contribution in [0.25, 0.3) is 0 Å². The van der Waals surface area contributed by atoms with Gasteiger partial charge in [-0.2, -0.15) is 0 Å². The number of carbonyl (C=O) groups excluding carboxylic acids is 1. The third kappa shape index (κ3) is 5.59. The maximum Gasteiger partial charge on any atom is 0.338 e. The Morgan fingerprint density at radius 1 is 1.08 bits per heavy atom. The second-order valence-electron chi connectivity index (χ2n) is 5.82. The van der Waals surface area contributed by atoms with Crippen LogP contribution < -0.4 is 0 Å². The molecule has 0 aliphatic carbocycles. The summed E-state index contributed by atoms with van der Waals surface area (Å²) in [5, 5.41) is 0. The largest absolute Gasteiger partial charge is 0.459 e. The van der Waals surface area contributed by atoms with Gasteiger partial charge in [0.2, 0.25) is 0 Å². The zero-order valence-corrected chi connectivity index (χ0v) is 13.6. The van der Waals surface area contributed by atoms with E-state index in [-0.39, 0.29) is 24.8 Å². The maximum absolute atomic E-state index is 13.4. The molecule has 0 saturated heterocycles. The van der Waals surface area contributed by atoms with Crippen LogP contribution >= 0.6 is 0 Å². The summed E-state index contributed by atoms with van der Waals surface area (Å²) < 4.78 is 58.1. The molecule has 2 nitrogen and oxygen atoms in total. The maximum atomic E-state index is 13.4. The molecule has 2 aromatic rings. The number of carbonyl (C=O) groups is 1. The van der Waals surface area contributed by atoms with E-state index in [0.717, 1.165) is 12.1 Å². The third-order valence-electron chi connectivity index (χ3n) is 3.67. The van der Waals surface area contributed by atoms with Crippen molar-refractivity contribution in [2.45, 2.75) is 38.5 Å². The van der Waals surface area contributed by atoms with Crippen LogP contribution in [0.3, 0.4) is 0 Å². The van der Waals surface area contributed by atoms with Crippen molar-refractivity contribution in [3.63, 3.8) is 0 Å². The van der Waals surface area contributed by atoms with Crippen LogP contribution in [0.1, 0.15) is 35.7 Å². The minimum atomic E-state index is -1.53. The standard InChI is InChI=1S/C19H18F4O2/c1-12(20)9-15(25-19(24)14-5-3-2-4-6-14)8-7-13-10-16(21)18(23)17(22)11-13/h2-6,10-12,15H,7-9H2,1H3. The predicted octanol–water partition coefficient (Wildman–Crippen LogP) is 5.01. The molecule has 0 saturated carbocycles. The molecule has 2 atom stereocenters. The van der Waals surface area contributed by atoms with Gasteiger partial charge in [0.15, 0.2) is 17.5 Å². The van der Waals surface area contributed by atoms with Crippen LogP contribution in [0.4, 0.5) is 17.6 Å². The lowest BCUT2D eigenvalue weighted by Gasteiger charge is -2.19. The number of ether oxygens (including phenoxy) is 1. The first-order valence-electron chi connectivity index (χ1n) is 7.90. The summed E-state index contributed by atoms with van der Waals surface area (Å²) in [5.74, 6) is -4.70. The topological polar surface area (TPSA) is 26.3 Å². The van der Waals surface area contributed by atoms with E-state index in [1.807, 2.05) is 0 Å². The minimum Gasteiger partial charge on any atom is -0.459 e. The molecule has 2 unspecified atom stereocenters. The number of esters is 1. The van der Waals surface area contributed by atoms with Crippen LogP contribution in [0, 0.1) is 17.5 Å². The van der Waals surface area contributed by atoms with Crippen molar-refractivity contribution in [2.24, 2.45) is 0 Å². The van der Waals surface area contributed by atoms with Crippen LogP contribution in [0.2, 0.25) is 0 Å². The van der Waals surface area contributed by atoms with Crippen molar-refractivity contribution in [1.29, 1.82) is 0 Å². The molecule has 2 rings (SSSR count). The number of halogens is 4. The highest BCUT2D eigenvalue weighted by Gasteiger charge is 2.19. The Bertz CT molecular complexity index is 694. The lowest BCUT2D eigenvalue weighted by Crippen LogP contribution is -2.22. The third-order valence-corrected chi connectivity index (χ3v) is 3.67. The average Bonchev–Trinajstić information content (AvgIpc) is 2.57. The van der Waals surface area contributed by atoms with Crippen molar-refractivity contribution in [1.82, 2.24) is 0 Å². The fourth-order valence-corrected chi connectivity index (χ4v) is 2.46. The number of benzene rings is 2. The number of hydrogen-bond donors (Lipinski definition) is 0. The molecule has 0 bridgehead atoms. The van der Waals surface area contributed by atoms with Gasteiger partial charge >= 0.3 is 5.97 Å². The molecule has 134 valence electrons. The SMILES string of the molecule is CC(F)CC(CCc1cc(F)c(F)c(F)c1)OC(=O)c1ccccc1. The molecule has 0 N–H and O–H groups in total. The van der Waals surface area contributed by atoms with Gasteiger partial charge in [-0.15, -0.1) is 0 Å². The zero-order valence-electron chi connectivity index (χ0n) is 13.6. The molecule has 2 aromatic carbocycles. The summed E-state index contributed by atoms with van der Waals surface area (Å²) in [7, 11) is 0. The Labute approximate surface area is 143 Å². The Balaban J connectivity index is 2.04. The molecule has 0 amide bonds. The molecule has 0 aliphatic rings. The van der Waals surface area contributed by atoms with E-state index < -0.39 is 35.7 Å². The van der Waals surface area contributed by atoms with Gasteiger partial charge in [0, 0.05) is 6.42 Å². The van der Waals surface area contributed by atoms with E-state index in [4.69, 9.17) is 4.74 Å². The summed E-state index contributed by atoms with van der Waals surface area (Å²) in [6.07, 6.45) is -1.73. The van der Waals surface area contributed by atoms with Gasteiger partial charge in [-0.25, -0.2) is 22.4 Å². The molecule has 0 aromatic heterocycles. The van der Waals surface area contributed by atoms with Crippen LogP contribution in [-0.2, 0) is 11.2 Å². The fourth-order valence-electron chi connectivity index (χ4n) is 2.46. The van der Waals surface area contributed by atoms with Gasteiger partial charge in [0.25, 0.3) is 0 Å². The Kier molecular flexibility index (Phi) is 6.56. The van der Waals surface area contributed by atoms with Gasteiger partial charge in [0.05, 0.1) is 5.56 Å². The first-order chi connectivity index (χ1) is 11.9. The van der Waals surface area contributed by atoms with Gasteiger partial charge in [-0.3, -0.25) is 0 Å². The molecule has 0 heterocycles. The molecule has 6 heteroatoms. The molecule has 0 radical (unpaired) electrons. The van der Waals surface area contributed by atoms with E-state index >= 15 is 0 Å². The molecular weight excluding hydrogens is 336 g/mol. The highest BCUT2D eigenvalue weighted by Crippen LogP contribution is 2.19. The van der Waals surface area contributed by atoms with E-state index in [1.165, 1.54) is 6.92 Å². The normalized spacial score (nSPS) is 13.3. The lowest BCUT2D eigenvalue weighted by atomic mass is 10.0. The summed E-state index contributed by atoms with van der Waals surface area (Å²) in [5.41, 5.74) is 0.543. The average molecular weight is 354 g/mol. The molecular formula is C19H18F4O2. The highest BCUT2D eigenvalue weighted by molar-refractivity contribution is 5.89. The Morgan fingerprint density at radius 2 is 1.68 bits per heavy atom. The van der Waals surface area contributed by atoms with E-state index in [0.29, 0.717) is 5.56 Å². The van der Waals surface area contributed by atoms with Crippen molar-refractivity contribution in [2.75, 3.05) is 0 Å².